The van der Waals surface area contributed by atoms with Crippen LogP contribution >= 0.6 is 23.2 Å². The van der Waals surface area contributed by atoms with Gasteiger partial charge in [0.1, 0.15) is 0 Å². The summed E-state index contributed by atoms with van der Waals surface area (Å²) in [6, 6.07) is 5.63. The molecule has 1 N–H and O–H groups in total. The average Bonchev–Trinajstić information content (AvgIpc) is 2.61. The van der Waals surface area contributed by atoms with E-state index in [4.69, 9.17) is 23.2 Å². The molecule has 1 aliphatic heterocycles. The summed E-state index contributed by atoms with van der Waals surface area (Å²) in [5.41, 5.74) is 2.68. The molecule has 1 atom stereocenters. The summed E-state index contributed by atoms with van der Waals surface area (Å²) in [7, 11) is 0. The first-order valence-electron chi connectivity index (χ1n) is 7.91. The maximum atomic E-state index is 12.8. The zero-order valence-corrected chi connectivity index (χ0v) is 15.5. The smallest absolute Gasteiger partial charge is 0.253 e. The number of benzene rings is 1. The molecule has 2 rings (SSSR count). The lowest BCUT2D eigenvalue weighted by Gasteiger charge is -2.34. The molecule has 0 spiro atoms. The lowest BCUT2D eigenvalue weighted by molar-refractivity contribution is -0.128. The van der Waals surface area contributed by atoms with E-state index < -0.39 is 0 Å². The maximum absolute atomic E-state index is 12.8. The minimum absolute atomic E-state index is 0.0326. The van der Waals surface area contributed by atoms with Gasteiger partial charge in [-0.15, -0.1) is 0 Å². The van der Waals surface area contributed by atoms with E-state index in [2.05, 4.69) is 11.9 Å². The minimum Gasteiger partial charge on any atom is -0.335 e. The lowest BCUT2D eigenvalue weighted by atomic mass is 10.0. The predicted molar refractivity (Wildman–Crippen MR) is 101 cm³/mol. The normalized spacial score (nSPS) is 19.3. The lowest BCUT2D eigenvalue weighted by Crippen LogP contribution is -2.48. The predicted octanol–water partition coefficient (Wildman–Crippen LogP) is 4.54. The van der Waals surface area contributed by atoms with Crippen LogP contribution in [-0.2, 0) is 4.79 Å². The first-order valence-corrected chi connectivity index (χ1v) is 8.66. The Hall–Kier alpha value is -1.55. The van der Waals surface area contributed by atoms with E-state index >= 15 is 0 Å². The number of carbonyl (C=O) groups excluding carboxylic acids is 1. The Morgan fingerprint density at radius 2 is 2.12 bits per heavy atom. The molecule has 0 aliphatic carbocycles. The van der Waals surface area contributed by atoms with Crippen LogP contribution in [0, 0.1) is 0 Å². The van der Waals surface area contributed by atoms with Gasteiger partial charge in [-0.05, 0) is 37.6 Å². The summed E-state index contributed by atoms with van der Waals surface area (Å²) in [5, 5.41) is 4.49. The zero-order valence-electron chi connectivity index (χ0n) is 14.0. The van der Waals surface area contributed by atoms with Crippen molar-refractivity contribution >= 4 is 29.1 Å². The Morgan fingerprint density at radius 1 is 1.38 bits per heavy atom. The van der Waals surface area contributed by atoms with Crippen LogP contribution in [0.2, 0.25) is 10.0 Å². The van der Waals surface area contributed by atoms with Crippen molar-refractivity contribution in [3.63, 3.8) is 0 Å². The van der Waals surface area contributed by atoms with E-state index in [0.29, 0.717) is 28.7 Å². The van der Waals surface area contributed by atoms with Gasteiger partial charge in [0.15, 0.2) is 0 Å². The summed E-state index contributed by atoms with van der Waals surface area (Å²) in [5.74, 6) is 0.0326. The number of piperazine rings is 1. The highest BCUT2D eigenvalue weighted by Crippen LogP contribution is 2.27. The monoisotopic (exact) mass is 364 g/mol. The number of rotatable bonds is 4. The number of amides is 1. The third-order valence-electron chi connectivity index (χ3n) is 4.07. The van der Waals surface area contributed by atoms with Gasteiger partial charge in [0.05, 0.1) is 16.1 Å². The number of allylic oxidation sites excluding steroid dienone is 3. The standard InChI is InChI=1S/C19H22Cl2N2O/c1-4-13(3)10-14(5-2)19(24)23-9-8-22-18(12-23)15-6-7-16(20)17(21)11-15/h4-7,10-11,18,22H,1,8-9,12H2,2-3H3/b13-10-,14-5+/t18-/m0/s1. The van der Waals surface area contributed by atoms with Crippen LogP contribution in [0.1, 0.15) is 25.5 Å². The van der Waals surface area contributed by atoms with Crippen LogP contribution in [0.4, 0.5) is 0 Å². The van der Waals surface area contributed by atoms with Crippen molar-refractivity contribution in [1.82, 2.24) is 10.2 Å². The van der Waals surface area contributed by atoms with Crippen molar-refractivity contribution in [3.8, 4) is 0 Å². The molecule has 0 bridgehead atoms. The molecule has 5 heteroatoms. The Bertz CT molecular complexity index is 695. The molecule has 128 valence electrons. The number of nitrogens with one attached hydrogen (secondary N) is 1. The van der Waals surface area contributed by atoms with Gasteiger partial charge >= 0.3 is 0 Å². The molecule has 1 heterocycles. The van der Waals surface area contributed by atoms with Crippen LogP contribution in [-0.4, -0.2) is 30.4 Å². The molecule has 1 aromatic carbocycles. The molecular formula is C19H22Cl2N2O. The fourth-order valence-corrected chi connectivity index (χ4v) is 2.95. The van der Waals surface area contributed by atoms with E-state index in [9.17, 15) is 4.79 Å². The van der Waals surface area contributed by atoms with Crippen molar-refractivity contribution in [3.05, 3.63) is 69.8 Å². The van der Waals surface area contributed by atoms with E-state index in [1.165, 1.54) is 0 Å². The Balaban J connectivity index is 2.16. The Kier molecular flexibility index (Phi) is 6.67. The fourth-order valence-electron chi connectivity index (χ4n) is 2.64. The quantitative estimate of drug-likeness (QED) is 0.627. The zero-order chi connectivity index (χ0) is 17.7. The van der Waals surface area contributed by atoms with Gasteiger partial charge in [-0.25, -0.2) is 0 Å². The van der Waals surface area contributed by atoms with Gasteiger partial charge in [-0.3, -0.25) is 4.79 Å². The molecule has 0 radical (unpaired) electrons. The van der Waals surface area contributed by atoms with Crippen molar-refractivity contribution in [2.45, 2.75) is 19.9 Å². The van der Waals surface area contributed by atoms with Crippen LogP contribution in [0.25, 0.3) is 0 Å². The third-order valence-corrected chi connectivity index (χ3v) is 4.81. The highest BCUT2D eigenvalue weighted by atomic mass is 35.5. The SMILES string of the molecule is C=C/C(C)=C\C(=C/C)C(=O)N1CCN[C@H](c2ccc(Cl)c(Cl)c2)C1. The highest BCUT2D eigenvalue weighted by Gasteiger charge is 2.25. The van der Waals surface area contributed by atoms with Gasteiger partial charge < -0.3 is 10.2 Å². The first-order chi connectivity index (χ1) is 11.5. The molecule has 0 saturated carbocycles. The molecule has 0 aromatic heterocycles. The third kappa shape index (κ3) is 4.50. The van der Waals surface area contributed by atoms with Crippen LogP contribution < -0.4 is 5.32 Å². The van der Waals surface area contributed by atoms with Crippen LogP contribution in [0.3, 0.4) is 0 Å². The van der Waals surface area contributed by atoms with Crippen LogP contribution in [0.5, 0.6) is 0 Å². The molecular weight excluding hydrogens is 343 g/mol. The van der Waals surface area contributed by atoms with E-state index in [1.807, 2.05) is 43.0 Å². The summed E-state index contributed by atoms with van der Waals surface area (Å²) in [4.78, 5) is 14.6. The molecule has 1 aromatic rings. The second-order valence-corrected chi connectivity index (χ2v) is 6.58. The van der Waals surface area contributed by atoms with Gasteiger partial charge in [0, 0.05) is 25.2 Å². The second-order valence-electron chi connectivity index (χ2n) is 5.77. The molecule has 1 saturated heterocycles. The molecule has 1 amide bonds. The molecule has 24 heavy (non-hydrogen) atoms. The number of hydrogen-bond donors (Lipinski definition) is 1. The summed E-state index contributed by atoms with van der Waals surface area (Å²) >= 11 is 12.1. The Morgan fingerprint density at radius 3 is 2.75 bits per heavy atom. The summed E-state index contributed by atoms with van der Waals surface area (Å²) < 4.78 is 0. The minimum atomic E-state index is 0.0326. The summed E-state index contributed by atoms with van der Waals surface area (Å²) in [6.45, 7) is 9.54. The fraction of sp³-hybridized carbons (Fsp3) is 0.316. The highest BCUT2D eigenvalue weighted by molar-refractivity contribution is 6.42. The molecule has 0 unspecified atom stereocenters. The number of nitrogens with zero attached hydrogens (tertiary/aromatic N) is 1. The topological polar surface area (TPSA) is 32.3 Å². The van der Waals surface area contributed by atoms with Crippen molar-refractivity contribution in [1.29, 1.82) is 0 Å². The molecule has 1 aliphatic rings. The van der Waals surface area contributed by atoms with Crippen molar-refractivity contribution in [2.24, 2.45) is 0 Å². The van der Waals surface area contributed by atoms with Gasteiger partial charge in [0.2, 0.25) is 0 Å². The van der Waals surface area contributed by atoms with Crippen molar-refractivity contribution < 1.29 is 4.79 Å². The van der Waals surface area contributed by atoms with Gasteiger partial charge in [-0.1, -0.05) is 53.6 Å². The number of halogens is 2. The number of hydrogen-bond acceptors (Lipinski definition) is 2. The van der Waals surface area contributed by atoms with E-state index in [1.54, 1.807) is 12.1 Å². The van der Waals surface area contributed by atoms with Gasteiger partial charge in [-0.2, -0.15) is 0 Å². The van der Waals surface area contributed by atoms with Crippen molar-refractivity contribution in [2.75, 3.05) is 19.6 Å². The second kappa shape index (κ2) is 8.52. The molecule has 1 fully saturated rings. The number of carbonyl (C=O) groups is 1. The first kappa shape index (κ1) is 18.8. The van der Waals surface area contributed by atoms with Crippen LogP contribution in [0.15, 0.2) is 54.2 Å². The maximum Gasteiger partial charge on any atom is 0.253 e. The average molecular weight is 365 g/mol. The largest absolute Gasteiger partial charge is 0.335 e. The van der Waals surface area contributed by atoms with Gasteiger partial charge in [0.25, 0.3) is 5.91 Å². The van der Waals surface area contributed by atoms with E-state index in [-0.39, 0.29) is 11.9 Å². The summed E-state index contributed by atoms with van der Waals surface area (Å²) in [6.07, 6.45) is 5.45. The Labute approximate surface area is 153 Å². The molecule has 3 nitrogen and oxygen atoms in total. The van der Waals surface area contributed by atoms with E-state index in [0.717, 1.165) is 17.7 Å².